The number of ether oxygens (including phenoxy) is 2. The number of H-pyrrole nitrogens is 1. The largest absolute Gasteiger partial charge is 0.497 e. The molecule has 2 aromatic carbocycles. The van der Waals surface area contributed by atoms with Crippen LogP contribution in [0.5, 0.6) is 11.5 Å². The van der Waals surface area contributed by atoms with E-state index in [0.717, 1.165) is 23.4 Å². The first-order valence-electron chi connectivity index (χ1n) is 6.57. The maximum absolute atomic E-state index is 5.30. The van der Waals surface area contributed by atoms with Crippen molar-refractivity contribution in [2.45, 2.75) is 6.42 Å². The number of aromatic amines is 1. The fourth-order valence-corrected chi connectivity index (χ4v) is 2.39. The van der Waals surface area contributed by atoms with E-state index in [1.807, 2.05) is 24.3 Å². The predicted molar refractivity (Wildman–Crippen MR) is 80.7 cm³/mol. The minimum absolute atomic E-state index is 0.882. The van der Waals surface area contributed by atoms with E-state index in [2.05, 4.69) is 29.4 Å². The molecule has 0 amide bonds. The molecule has 1 aromatic heterocycles. The minimum atomic E-state index is 0.882. The number of hydrogen-bond acceptors (Lipinski definition) is 2. The second kappa shape index (κ2) is 5.29. The Balaban J connectivity index is 1.93. The van der Waals surface area contributed by atoms with Crippen LogP contribution in [-0.2, 0) is 6.42 Å². The molecule has 20 heavy (non-hydrogen) atoms. The second-order valence-electron chi connectivity index (χ2n) is 4.75. The van der Waals surface area contributed by atoms with E-state index in [-0.39, 0.29) is 0 Å². The van der Waals surface area contributed by atoms with Gasteiger partial charge < -0.3 is 14.5 Å². The Labute approximate surface area is 118 Å². The molecule has 3 nitrogen and oxygen atoms in total. The summed E-state index contributed by atoms with van der Waals surface area (Å²) >= 11 is 0. The summed E-state index contributed by atoms with van der Waals surface area (Å²) in [6.07, 6.45) is 2.95. The average Bonchev–Trinajstić information content (AvgIpc) is 2.90. The Morgan fingerprint density at radius 2 is 1.60 bits per heavy atom. The molecule has 0 fully saturated rings. The second-order valence-corrected chi connectivity index (χ2v) is 4.75. The summed E-state index contributed by atoms with van der Waals surface area (Å²) in [6, 6.07) is 14.3. The standard InChI is InChI=1S/C17H17NO2/c1-19-14-5-3-12(4-6-14)9-13-11-18-17-8-7-15(20-2)10-16(13)17/h3-8,10-11,18H,9H2,1-2H3. The Morgan fingerprint density at radius 1 is 0.900 bits per heavy atom. The van der Waals surface area contributed by atoms with Crippen LogP contribution in [0.3, 0.4) is 0 Å². The third-order valence-corrected chi connectivity index (χ3v) is 3.53. The monoisotopic (exact) mass is 267 g/mol. The first-order valence-corrected chi connectivity index (χ1v) is 6.57. The van der Waals surface area contributed by atoms with Gasteiger partial charge in [-0.1, -0.05) is 12.1 Å². The highest BCUT2D eigenvalue weighted by atomic mass is 16.5. The molecule has 0 aliphatic carbocycles. The van der Waals surface area contributed by atoms with Crippen LogP contribution >= 0.6 is 0 Å². The molecule has 3 aromatic rings. The van der Waals surface area contributed by atoms with Crippen molar-refractivity contribution in [3.8, 4) is 11.5 Å². The lowest BCUT2D eigenvalue weighted by Crippen LogP contribution is -1.88. The third kappa shape index (κ3) is 2.35. The predicted octanol–water partition coefficient (Wildman–Crippen LogP) is 3.78. The van der Waals surface area contributed by atoms with Gasteiger partial charge in [-0.3, -0.25) is 0 Å². The van der Waals surface area contributed by atoms with E-state index in [9.17, 15) is 0 Å². The molecule has 0 unspecified atom stereocenters. The van der Waals surface area contributed by atoms with Gasteiger partial charge in [-0.05, 0) is 47.9 Å². The van der Waals surface area contributed by atoms with Crippen molar-refractivity contribution in [3.05, 3.63) is 59.8 Å². The first-order chi connectivity index (χ1) is 9.80. The summed E-state index contributed by atoms with van der Waals surface area (Å²) in [4.78, 5) is 3.30. The highest BCUT2D eigenvalue weighted by Gasteiger charge is 2.06. The summed E-state index contributed by atoms with van der Waals surface area (Å²) in [5.41, 5.74) is 3.66. The fraction of sp³-hybridized carbons (Fsp3) is 0.176. The molecule has 0 bridgehead atoms. The van der Waals surface area contributed by atoms with Crippen LogP contribution in [0.25, 0.3) is 10.9 Å². The van der Waals surface area contributed by atoms with Crippen molar-refractivity contribution in [1.82, 2.24) is 4.98 Å². The smallest absolute Gasteiger partial charge is 0.119 e. The number of benzene rings is 2. The fourth-order valence-electron chi connectivity index (χ4n) is 2.39. The van der Waals surface area contributed by atoms with E-state index >= 15 is 0 Å². The van der Waals surface area contributed by atoms with Crippen molar-refractivity contribution < 1.29 is 9.47 Å². The number of aromatic nitrogens is 1. The maximum Gasteiger partial charge on any atom is 0.119 e. The molecule has 0 aliphatic rings. The van der Waals surface area contributed by atoms with Crippen molar-refractivity contribution in [1.29, 1.82) is 0 Å². The summed E-state index contributed by atoms with van der Waals surface area (Å²) in [5, 5.41) is 1.21. The SMILES string of the molecule is COc1ccc(Cc2c[nH]c3ccc(OC)cc23)cc1. The molecule has 3 heteroatoms. The van der Waals surface area contributed by atoms with E-state index < -0.39 is 0 Å². The zero-order valence-corrected chi connectivity index (χ0v) is 11.6. The Kier molecular flexibility index (Phi) is 3.33. The zero-order chi connectivity index (χ0) is 13.9. The molecule has 0 atom stereocenters. The molecule has 0 radical (unpaired) electrons. The van der Waals surface area contributed by atoms with E-state index in [1.165, 1.54) is 16.5 Å². The minimum Gasteiger partial charge on any atom is -0.497 e. The molecule has 3 rings (SSSR count). The van der Waals surface area contributed by atoms with Crippen LogP contribution in [0.15, 0.2) is 48.7 Å². The Bertz CT molecular complexity index is 713. The molecule has 0 saturated heterocycles. The normalized spacial score (nSPS) is 10.7. The topological polar surface area (TPSA) is 34.2 Å². The average molecular weight is 267 g/mol. The quantitative estimate of drug-likeness (QED) is 0.780. The lowest BCUT2D eigenvalue weighted by molar-refractivity contribution is 0.414. The van der Waals surface area contributed by atoms with E-state index in [0.29, 0.717) is 0 Å². The summed E-state index contributed by atoms with van der Waals surface area (Å²) in [5.74, 6) is 1.77. The molecule has 1 heterocycles. The van der Waals surface area contributed by atoms with E-state index in [1.54, 1.807) is 14.2 Å². The molecule has 0 saturated carbocycles. The van der Waals surface area contributed by atoms with Gasteiger partial charge >= 0.3 is 0 Å². The Morgan fingerprint density at radius 3 is 2.30 bits per heavy atom. The molecular weight excluding hydrogens is 250 g/mol. The molecular formula is C17H17NO2. The van der Waals surface area contributed by atoms with Gasteiger partial charge in [-0.2, -0.15) is 0 Å². The molecule has 0 aliphatic heterocycles. The highest BCUT2D eigenvalue weighted by molar-refractivity contribution is 5.84. The van der Waals surface area contributed by atoms with Crippen LogP contribution in [0.2, 0.25) is 0 Å². The van der Waals surface area contributed by atoms with Crippen LogP contribution in [0, 0.1) is 0 Å². The van der Waals surface area contributed by atoms with Crippen molar-refractivity contribution in [2.24, 2.45) is 0 Å². The number of methoxy groups -OCH3 is 2. The number of nitrogens with one attached hydrogen (secondary N) is 1. The number of hydrogen-bond donors (Lipinski definition) is 1. The lowest BCUT2D eigenvalue weighted by Gasteiger charge is -2.04. The third-order valence-electron chi connectivity index (χ3n) is 3.53. The Hall–Kier alpha value is -2.42. The highest BCUT2D eigenvalue weighted by Crippen LogP contribution is 2.25. The van der Waals surface area contributed by atoms with Gasteiger partial charge in [0, 0.05) is 17.1 Å². The van der Waals surface area contributed by atoms with Gasteiger partial charge in [0.25, 0.3) is 0 Å². The van der Waals surface area contributed by atoms with Gasteiger partial charge in [0.15, 0.2) is 0 Å². The zero-order valence-electron chi connectivity index (χ0n) is 11.6. The van der Waals surface area contributed by atoms with Gasteiger partial charge in [-0.25, -0.2) is 0 Å². The lowest BCUT2D eigenvalue weighted by atomic mass is 10.0. The number of fused-ring (bicyclic) bond motifs is 1. The van der Waals surface area contributed by atoms with Gasteiger partial charge in [0.05, 0.1) is 14.2 Å². The maximum atomic E-state index is 5.30. The van der Waals surface area contributed by atoms with Gasteiger partial charge in [0.2, 0.25) is 0 Å². The van der Waals surface area contributed by atoms with Crippen molar-refractivity contribution >= 4 is 10.9 Å². The van der Waals surface area contributed by atoms with Crippen molar-refractivity contribution in [3.63, 3.8) is 0 Å². The molecule has 1 N–H and O–H groups in total. The molecule has 102 valence electrons. The van der Waals surface area contributed by atoms with Crippen LogP contribution in [0.4, 0.5) is 0 Å². The summed E-state index contributed by atoms with van der Waals surface area (Å²) in [7, 11) is 3.37. The summed E-state index contributed by atoms with van der Waals surface area (Å²) in [6.45, 7) is 0. The molecule has 0 spiro atoms. The number of rotatable bonds is 4. The van der Waals surface area contributed by atoms with Gasteiger partial charge in [0.1, 0.15) is 11.5 Å². The van der Waals surface area contributed by atoms with Crippen LogP contribution in [0.1, 0.15) is 11.1 Å². The van der Waals surface area contributed by atoms with Crippen molar-refractivity contribution in [2.75, 3.05) is 14.2 Å². The van der Waals surface area contributed by atoms with E-state index in [4.69, 9.17) is 9.47 Å². The van der Waals surface area contributed by atoms with Crippen LogP contribution < -0.4 is 9.47 Å². The van der Waals surface area contributed by atoms with Gasteiger partial charge in [-0.15, -0.1) is 0 Å². The summed E-state index contributed by atoms with van der Waals surface area (Å²) < 4.78 is 10.5. The first kappa shape index (κ1) is 12.6. The van der Waals surface area contributed by atoms with Crippen LogP contribution in [-0.4, -0.2) is 19.2 Å².